The van der Waals surface area contributed by atoms with Gasteiger partial charge in [-0.3, -0.25) is 0 Å². The molecule has 2 aromatic carbocycles. The van der Waals surface area contributed by atoms with Gasteiger partial charge >= 0.3 is 0 Å². The van der Waals surface area contributed by atoms with E-state index in [-0.39, 0.29) is 0 Å². The van der Waals surface area contributed by atoms with Crippen molar-refractivity contribution >= 4 is 21.8 Å². The van der Waals surface area contributed by atoms with Crippen molar-refractivity contribution in [2.24, 2.45) is 0 Å². The molecule has 0 radical (unpaired) electrons. The van der Waals surface area contributed by atoms with Crippen molar-refractivity contribution in [2.45, 2.75) is 13.1 Å². The minimum Gasteiger partial charge on any atom is -0.339 e. The van der Waals surface area contributed by atoms with E-state index in [0.717, 1.165) is 19.6 Å². The van der Waals surface area contributed by atoms with E-state index in [0.29, 0.717) is 0 Å². The normalized spacial score (nSPS) is 15.3. The van der Waals surface area contributed by atoms with Gasteiger partial charge in [0, 0.05) is 35.9 Å². The Hall–Kier alpha value is -1.80. The first-order valence-electron chi connectivity index (χ1n) is 6.15. The molecule has 0 atom stereocenters. The van der Waals surface area contributed by atoms with Crippen LogP contribution in [0, 0.1) is 0 Å². The van der Waals surface area contributed by atoms with Crippen LogP contribution in [0.1, 0.15) is 5.56 Å². The van der Waals surface area contributed by atoms with E-state index in [4.69, 9.17) is 0 Å². The third kappa shape index (κ3) is 1.19. The molecular formula is C15H14N2. The lowest BCUT2D eigenvalue weighted by atomic mass is 10.1. The zero-order valence-electron chi connectivity index (χ0n) is 9.61. The van der Waals surface area contributed by atoms with Crippen LogP contribution < -0.4 is 5.32 Å². The van der Waals surface area contributed by atoms with Crippen LogP contribution in [0.15, 0.2) is 42.5 Å². The third-order valence-corrected chi connectivity index (χ3v) is 3.70. The summed E-state index contributed by atoms with van der Waals surface area (Å²) >= 11 is 0. The minimum atomic E-state index is 0.980. The second kappa shape index (κ2) is 3.34. The molecule has 2 heterocycles. The number of hydrogen-bond acceptors (Lipinski definition) is 1. The summed E-state index contributed by atoms with van der Waals surface area (Å²) in [6.07, 6.45) is 0. The van der Waals surface area contributed by atoms with Gasteiger partial charge in [0.25, 0.3) is 0 Å². The van der Waals surface area contributed by atoms with Crippen LogP contribution in [-0.4, -0.2) is 11.1 Å². The zero-order chi connectivity index (χ0) is 11.2. The van der Waals surface area contributed by atoms with Gasteiger partial charge in [0.1, 0.15) is 0 Å². The van der Waals surface area contributed by atoms with Crippen molar-refractivity contribution < 1.29 is 0 Å². The second-order valence-electron chi connectivity index (χ2n) is 4.66. The highest BCUT2D eigenvalue weighted by molar-refractivity contribution is 6.09. The van der Waals surface area contributed by atoms with Gasteiger partial charge in [0.15, 0.2) is 0 Å². The predicted octanol–water partition coefficient (Wildman–Crippen LogP) is 2.90. The summed E-state index contributed by atoms with van der Waals surface area (Å²) in [6, 6.07) is 15.4. The number of fused-ring (bicyclic) bond motifs is 3. The molecule has 1 aromatic heterocycles. The fourth-order valence-electron chi connectivity index (χ4n) is 2.97. The van der Waals surface area contributed by atoms with Gasteiger partial charge in [0.05, 0.1) is 5.52 Å². The van der Waals surface area contributed by atoms with Crippen LogP contribution in [0.25, 0.3) is 21.8 Å². The van der Waals surface area contributed by atoms with E-state index in [1.807, 2.05) is 0 Å². The molecule has 0 bridgehead atoms. The van der Waals surface area contributed by atoms with Crippen molar-refractivity contribution in [1.82, 2.24) is 9.88 Å². The van der Waals surface area contributed by atoms with Crippen LogP contribution >= 0.6 is 0 Å². The van der Waals surface area contributed by atoms with Gasteiger partial charge in [-0.05, 0) is 11.6 Å². The molecule has 0 saturated carbocycles. The van der Waals surface area contributed by atoms with Crippen molar-refractivity contribution in [3.63, 3.8) is 0 Å². The number of benzene rings is 2. The van der Waals surface area contributed by atoms with E-state index in [2.05, 4.69) is 52.3 Å². The average Bonchev–Trinajstić information content (AvgIpc) is 2.56. The third-order valence-electron chi connectivity index (χ3n) is 3.70. The Labute approximate surface area is 99.9 Å². The molecule has 2 nitrogen and oxygen atoms in total. The summed E-state index contributed by atoms with van der Waals surface area (Å²) in [4.78, 5) is 0. The van der Waals surface area contributed by atoms with E-state index in [9.17, 15) is 0 Å². The molecular weight excluding hydrogens is 208 g/mol. The van der Waals surface area contributed by atoms with Gasteiger partial charge in [0.2, 0.25) is 0 Å². The molecule has 4 rings (SSSR count). The van der Waals surface area contributed by atoms with Gasteiger partial charge in [-0.2, -0.15) is 0 Å². The standard InChI is InChI=1S/C15H14N2/c1-2-7-14-12(5-1)13-6-3-4-11-10-16-8-9-17(14)15(11)13/h1-7,16H,8-10H2. The Balaban J connectivity index is 2.29. The molecule has 0 saturated heterocycles. The Morgan fingerprint density at radius 1 is 0.941 bits per heavy atom. The van der Waals surface area contributed by atoms with E-state index >= 15 is 0 Å². The Kier molecular flexibility index (Phi) is 1.82. The first-order chi connectivity index (χ1) is 8.45. The summed E-state index contributed by atoms with van der Waals surface area (Å²) in [7, 11) is 0. The van der Waals surface area contributed by atoms with Crippen LogP contribution in [0.2, 0.25) is 0 Å². The average molecular weight is 222 g/mol. The molecule has 0 amide bonds. The molecule has 17 heavy (non-hydrogen) atoms. The quantitative estimate of drug-likeness (QED) is 0.619. The van der Waals surface area contributed by atoms with Crippen molar-refractivity contribution in [3.05, 3.63) is 48.0 Å². The molecule has 1 N–H and O–H groups in total. The number of nitrogens with zero attached hydrogens (tertiary/aromatic N) is 1. The number of nitrogens with one attached hydrogen (secondary N) is 1. The second-order valence-corrected chi connectivity index (χ2v) is 4.66. The van der Waals surface area contributed by atoms with Gasteiger partial charge < -0.3 is 9.88 Å². The van der Waals surface area contributed by atoms with Crippen molar-refractivity contribution in [3.8, 4) is 0 Å². The van der Waals surface area contributed by atoms with Crippen LogP contribution in [-0.2, 0) is 13.1 Å². The number of hydrogen-bond donors (Lipinski definition) is 1. The molecule has 0 aliphatic carbocycles. The van der Waals surface area contributed by atoms with Gasteiger partial charge in [-0.1, -0.05) is 36.4 Å². The lowest BCUT2D eigenvalue weighted by Gasteiger charge is -2.04. The maximum absolute atomic E-state index is 3.48. The smallest absolute Gasteiger partial charge is 0.0537 e. The SMILES string of the molecule is c1ccc2c(c1)c1cccc3c1n2CCNC3. The van der Waals surface area contributed by atoms with Crippen molar-refractivity contribution in [1.29, 1.82) is 0 Å². The summed E-state index contributed by atoms with van der Waals surface area (Å²) < 4.78 is 2.46. The van der Waals surface area contributed by atoms with Crippen LogP contribution in [0.4, 0.5) is 0 Å². The maximum atomic E-state index is 3.48. The number of para-hydroxylation sites is 2. The zero-order valence-corrected chi connectivity index (χ0v) is 9.61. The van der Waals surface area contributed by atoms with Gasteiger partial charge in [-0.15, -0.1) is 0 Å². The van der Waals surface area contributed by atoms with Crippen LogP contribution in [0.3, 0.4) is 0 Å². The molecule has 2 heteroatoms. The molecule has 3 aromatic rings. The molecule has 84 valence electrons. The van der Waals surface area contributed by atoms with E-state index < -0.39 is 0 Å². The topological polar surface area (TPSA) is 17.0 Å². The monoisotopic (exact) mass is 222 g/mol. The molecule has 0 spiro atoms. The first-order valence-corrected chi connectivity index (χ1v) is 6.15. The highest BCUT2D eigenvalue weighted by Crippen LogP contribution is 2.31. The first kappa shape index (κ1) is 9.25. The van der Waals surface area contributed by atoms with E-state index in [1.165, 1.54) is 27.4 Å². The summed E-state index contributed by atoms with van der Waals surface area (Å²) in [5.74, 6) is 0. The molecule has 1 aliphatic rings. The Bertz CT molecular complexity index is 709. The lowest BCUT2D eigenvalue weighted by molar-refractivity contribution is 0.641. The highest BCUT2D eigenvalue weighted by Gasteiger charge is 2.14. The summed E-state index contributed by atoms with van der Waals surface area (Å²) in [5.41, 5.74) is 4.19. The predicted molar refractivity (Wildman–Crippen MR) is 71.2 cm³/mol. The number of aromatic nitrogens is 1. The fraction of sp³-hybridized carbons (Fsp3) is 0.200. The molecule has 0 unspecified atom stereocenters. The number of rotatable bonds is 0. The maximum Gasteiger partial charge on any atom is 0.0537 e. The van der Waals surface area contributed by atoms with E-state index in [1.54, 1.807) is 0 Å². The van der Waals surface area contributed by atoms with Crippen molar-refractivity contribution in [2.75, 3.05) is 6.54 Å². The van der Waals surface area contributed by atoms with Crippen LogP contribution in [0.5, 0.6) is 0 Å². The Morgan fingerprint density at radius 2 is 1.82 bits per heavy atom. The van der Waals surface area contributed by atoms with Gasteiger partial charge in [-0.25, -0.2) is 0 Å². The highest BCUT2D eigenvalue weighted by atomic mass is 15.0. The minimum absolute atomic E-state index is 0.980. The lowest BCUT2D eigenvalue weighted by Crippen LogP contribution is -2.15. The summed E-state index contributed by atoms with van der Waals surface area (Å²) in [6.45, 7) is 3.08. The molecule has 0 fully saturated rings. The fourth-order valence-corrected chi connectivity index (χ4v) is 2.97. The Morgan fingerprint density at radius 3 is 2.82 bits per heavy atom. The molecule has 1 aliphatic heterocycles. The summed E-state index contributed by atoms with van der Waals surface area (Å²) in [5, 5.41) is 6.26. The largest absolute Gasteiger partial charge is 0.339 e.